The lowest BCUT2D eigenvalue weighted by atomic mass is 9.99. The second kappa shape index (κ2) is 9.86. The third kappa shape index (κ3) is 6.24. The molecule has 1 fully saturated rings. The summed E-state index contributed by atoms with van der Waals surface area (Å²) >= 11 is 3.40. The molecule has 2 aromatic carbocycles. The highest BCUT2D eigenvalue weighted by atomic mass is 79.9. The van der Waals surface area contributed by atoms with Gasteiger partial charge in [0, 0.05) is 16.7 Å². The van der Waals surface area contributed by atoms with Crippen molar-refractivity contribution in [1.29, 1.82) is 0 Å². The van der Waals surface area contributed by atoms with Crippen LogP contribution in [0.5, 0.6) is 0 Å². The van der Waals surface area contributed by atoms with Gasteiger partial charge in [0.1, 0.15) is 0 Å². The number of hydrogen-bond acceptors (Lipinski definition) is 3. The highest BCUT2D eigenvalue weighted by Crippen LogP contribution is 2.18. The van der Waals surface area contributed by atoms with Crippen LogP contribution in [0.3, 0.4) is 0 Å². The van der Waals surface area contributed by atoms with Crippen LogP contribution >= 0.6 is 15.9 Å². The molecule has 0 spiro atoms. The normalized spacial score (nSPS) is 17.8. The topological polar surface area (TPSA) is 41.6 Å². The summed E-state index contributed by atoms with van der Waals surface area (Å²) in [6.07, 6.45) is 2.28. The van der Waals surface area contributed by atoms with E-state index >= 15 is 0 Å². The van der Waals surface area contributed by atoms with Gasteiger partial charge in [-0.05, 0) is 55.1 Å². The quantitative estimate of drug-likeness (QED) is 0.730. The Hall–Kier alpha value is -1.69. The van der Waals surface area contributed by atoms with Gasteiger partial charge in [-0.3, -0.25) is 9.69 Å². The molecule has 0 aromatic heterocycles. The van der Waals surface area contributed by atoms with Gasteiger partial charge in [0.15, 0.2) is 0 Å². The van der Waals surface area contributed by atoms with Gasteiger partial charge in [0.05, 0.1) is 19.8 Å². The van der Waals surface area contributed by atoms with Gasteiger partial charge in [0.25, 0.3) is 0 Å². The van der Waals surface area contributed by atoms with Gasteiger partial charge in [-0.1, -0.05) is 46.3 Å². The molecule has 1 saturated heterocycles. The maximum absolute atomic E-state index is 12.3. The maximum atomic E-state index is 12.3. The number of carbonyl (C=O) groups excluding carboxylic acids is 1. The van der Waals surface area contributed by atoms with E-state index in [4.69, 9.17) is 4.74 Å². The van der Waals surface area contributed by atoms with Crippen molar-refractivity contribution in [3.63, 3.8) is 0 Å². The van der Waals surface area contributed by atoms with E-state index in [1.165, 1.54) is 12.0 Å². The first-order valence-corrected chi connectivity index (χ1v) is 9.88. The van der Waals surface area contributed by atoms with Gasteiger partial charge in [0.2, 0.25) is 5.91 Å². The van der Waals surface area contributed by atoms with Crippen molar-refractivity contribution >= 4 is 27.5 Å². The zero-order valence-electron chi connectivity index (χ0n) is 14.9. The summed E-state index contributed by atoms with van der Waals surface area (Å²) in [5.41, 5.74) is 2.03. The van der Waals surface area contributed by atoms with Crippen LogP contribution < -0.4 is 5.32 Å². The van der Waals surface area contributed by atoms with Crippen LogP contribution in [0.25, 0.3) is 0 Å². The highest BCUT2D eigenvalue weighted by molar-refractivity contribution is 9.10. The van der Waals surface area contributed by atoms with Crippen LogP contribution in [0.2, 0.25) is 0 Å². The number of likely N-dealkylation sites (tertiary alicyclic amines) is 1. The number of carbonyl (C=O) groups is 1. The molecule has 4 nitrogen and oxygen atoms in total. The Bertz CT molecular complexity index is 691. The molecular weight excluding hydrogens is 392 g/mol. The highest BCUT2D eigenvalue weighted by Gasteiger charge is 2.21. The molecular formula is C21H25BrN2O2. The van der Waals surface area contributed by atoms with E-state index in [1.54, 1.807) is 0 Å². The summed E-state index contributed by atoms with van der Waals surface area (Å²) in [4.78, 5) is 14.5. The lowest BCUT2D eigenvalue weighted by molar-refractivity contribution is -0.117. The Morgan fingerprint density at radius 2 is 1.92 bits per heavy atom. The Labute approximate surface area is 163 Å². The third-order valence-electron chi connectivity index (χ3n) is 4.56. The predicted molar refractivity (Wildman–Crippen MR) is 108 cm³/mol. The fraction of sp³-hybridized carbons (Fsp3) is 0.381. The molecule has 138 valence electrons. The molecule has 0 radical (unpaired) electrons. The van der Waals surface area contributed by atoms with E-state index in [0.29, 0.717) is 19.1 Å². The summed E-state index contributed by atoms with van der Waals surface area (Å²) in [7, 11) is 0. The van der Waals surface area contributed by atoms with Crippen LogP contribution in [0.4, 0.5) is 5.69 Å². The first-order chi connectivity index (χ1) is 12.7. The summed E-state index contributed by atoms with van der Waals surface area (Å²) in [6, 6.07) is 17.9. The fourth-order valence-corrected chi connectivity index (χ4v) is 3.55. The molecule has 3 rings (SSSR count). The smallest absolute Gasteiger partial charge is 0.238 e. The number of anilines is 1. The number of halogens is 1. The molecule has 0 unspecified atom stereocenters. The maximum Gasteiger partial charge on any atom is 0.238 e. The van der Waals surface area contributed by atoms with Crippen molar-refractivity contribution in [2.75, 3.05) is 31.6 Å². The van der Waals surface area contributed by atoms with Crippen molar-refractivity contribution in [3.05, 3.63) is 64.6 Å². The molecule has 26 heavy (non-hydrogen) atoms. The fourth-order valence-electron chi connectivity index (χ4n) is 3.29. The molecule has 0 bridgehead atoms. The number of rotatable bonds is 7. The number of ether oxygens (including phenoxy) is 1. The standard InChI is InChI=1S/C21H25BrN2O2/c22-19-8-10-20(11-9-19)23-21(25)14-24-12-4-7-18(13-24)16-26-15-17-5-2-1-3-6-17/h1-3,5-6,8-11,18H,4,7,12-16H2,(H,23,25)/t18-/m1/s1. The zero-order valence-corrected chi connectivity index (χ0v) is 16.5. The molecule has 1 atom stereocenters. The van der Waals surface area contributed by atoms with Gasteiger partial charge in [-0.2, -0.15) is 0 Å². The molecule has 2 aromatic rings. The molecule has 5 heteroatoms. The Morgan fingerprint density at radius 1 is 1.15 bits per heavy atom. The molecule has 1 N–H and O–H groups in total. The Balaban J connectivity index is 1.40. The SMILES string of the molecule is O=C(CN1CCC[C@@H](COCc2ccccc2)C1)Nc1ccc(Br)cc1. The number of amides is 1. The largest absolute Gasteiger partial charge is 0.376 e. The molecule has 1 aliphatic rings. The van der Waals surface area contributed by atoms with E-state index in [1.807, 2.05) is 42.5 Å². The first kappa shape index (κ1) is 19.1. The number of nitrogens with one attached hydrogen (secondary N) is 1. The van der Waals surface area contributed by atoms with Gasteiger partial charge >= 0.3 is 0 Å². The van der Waals surface area contributed by atoms with Gasteiger partial charge in [-0.15, -0.1) is 0 Å². The predicted octanol–water partition coefficient (Wildman–Crippen LogP) is 4.32. The van der Waals surface area contributed by atoms with Crippen LogP contribution in [0, 0.1) is 5.92 Å². The number of piperidine rings is 1. The van der Waals surface area contributed by atoms with Crippen LogP contribution in [-0.2, 0) is 16.1 Å². The van der Waals surface area contributed by atoms with Crippen molar-refractivity contribution in [2.45, 2.75) is 19.4 Å². The van der Waals surface area contributed by atoms with E-state index < -0.39 is 0 Å². The minimum Gasteiger partial charge on any atom is -0.376 e. The van der Waals surface area contributed by atoms with Crippen molar-refractivity contribution in [1.82, 2.24) is 4.90 Å². The molecule has 1 aliphatic heterocycles. The second-order valence-corrected chi connectivity index (χ2v) is 7.71. The minimum atomic E-state index is 0.0400. The summed E-state index contributed by atoms with van der Waals surface area (Å²) < 4.78 is 6.89. The first-order valence-electron chi connectivity index (χ1n) is 9.08. The van der Waals surface area contributed by atoms with Crippen molar-refractivity contribution in [3.8, 4) is 0 Å². The van der Waals surface area contributed by atoms with E-state index in [-0.39, 0.29) is 5.91 Å². The van der Waals surface area contributed by atoms with E-state index in [2.05, 4.69) is 38.3 Å². The molecule has 1 heterocycles. The number of nitrogens with zero attached hydrogens (tertiary/aromatic N) is 1. The lowest BCUT2D eigenvalue weighted by Gasteiger charge is -2.32. The zero-order chi connectivity index (χ0) is 18.2. The summed E-state index contributed by atoms with van der Waals surface area (Å²) in [5, 5.41) is 2.96. The Morgan fingerprint density at radius 3 is 2.69 bits per heavy atom. The van der Waals surface area contributed by atoms with Crippen LogP contribution in [0.15, 0.2) is 59.1 Å². The monoisotopic (exact) mass is 416 g/mol. The number of benzene rings is 2. The average Bonchev–Trinajstić information content (AvgIpc) is 2.65. The second-order valence-electron chi connectivity index (χ2n) is 6.80. The van der Waals surface area contributed by atoms with Gasteiger partial charge in [-0.25, -0.2) is 0 Å². The molecule has 1 amide bonds. The van der Waals surface area contributed by atoms with E-state index in [0.717, 1.165) is 36.3 Å². The summed E-state index contributed by atoms with van der Waals surface area (Å²) in [5.74, 6) is 0.533. The van der Waals surface area contributed by atoms with Crippen LogP contribution in [0.1, 0.15) is 18.4 Å². The van der Waals surface area contributed by atoms with Crippen molar-refractivity contribution < 1.29 is 9.53 Å². The number of hydrogen-bond donors (Lipinski definition) is 1. The van der Waals surface area contributed by atoms with Crippen LogP contribution in [-0.4, -0.2) is 37.0 Å². The molecule has 0 aliphatic carbocycles. The van der Waals surface area contributed by atoms with Crippen molar-refractivity contribution in [2.24, 2.45) is 5.92 Å². The van der Waals surface area contributed by atoms with Gasteiger partial charge < -0.3 is 10.1 Å². The lowest BCUT2D eigenvalue weighted by Crippen LogP contribution is -2.41. The molecule has 0 saturated carbocycles. The Kier molecular flexibility index (Phi) is 7.23. The third-order valence-corrected chi connectivity index (χ3v) is 5.09. The average molecular weight is 417 g/mol. The minimum absolute atomic E-state index is 0.0400. The summed E-state index contributed by atoms with van der Waals surface area (Å²) in [6.45, 7) is 3.73. The van der Waals surface area contributed by atoms with E-state index in [9.17, 15) is 4.79 Å².